The third-order valence-electron chi connectivity index (χ3n) is 3.72. The average Bonchev–Trinajstić information content (AvgIpc) is 2.37. The fourth-order valence-electron chi connectivity index (χ4n) is 2.72. The van der Waals surface area contributed by atoms with Crippen LogP contribution in [0.25, 0.3) is 0 Å². The summed E-state index contributed by atoms with van der Waals surface area (Å²) in [5, 5.41) is 3.74. The Balaban J connectivity index is 2.07. The van der Waals surface area contributed by atoms with Crippen molar-refractivity contribution in [2.75, 3.05) is 13.1 Å². The Morgan fingerprint density at radius 3 is 2.95 bits per heavy atom. The highest BCUT2D eigenvalue weighted by molar-refractivity contribution is 6.30. The molecule has 19 heavy (non-hydrogen) atoms. The van der Waals surface area contributed by atoms with Gasteiger partial charge in [0.1, 0.15) is 5.82 Å². The van der Waals surface area contributed by atoms with Crippen molar-refractivity contribution >= 4 is 11.6 Å². The lowest BCUT2D eigenvalue weighted by Crippen LogP contribution is -2.54. The van der Waals surface area contributed by atoms with Crippen molar-refractivity contribution in [3.05, 3.63) is 34.6 Å². The Labute approximate surface area is 119 Å². The van der Waals surface area contributed by atoms with E-state index in [2.05, 4.69) is 24.1 Å². The van der Waals surface area contributed by atoms with E-state index in [1.54, 1.807) is 6.07 Å². The fourth-order valence-corrected chi connectivity index (χ4v) is 2.92. The van der Waals surface area contributed by atoms with Gasteiger partial charge in [0.2, 0.25) is 0 Å². The number of hydrogen-bond donors (Lipinski definition) is 1. The van der Waals surface area contributed by atoms with E-state index >= 15 is 0 Å². The van der Waals surface area contributed by atoms with Crippen molar-refractivity contribution < 1.29 is 4.39 Å². The van der Waals surface area contributed by atoms with Crippen LogP contribution >= 0.6 is 11.6 Å². The van der Waals surface area contributed by atoms with Gasteiger partial charge in [-0.05, 0) is 31.0 Å². The van der Waals surface area contributed by atoms with Crippen molar-refractivity contribution in [1.82, 2.24) is 10.2 Å². The van der Waals surface area contributed by atoms with Crippen LogP contribution in [0, 0.1) is 5.82 Å². The molecule has 0 bridgehead atoms. The molecule has 2 unspecified atom stereocenters. The SMILES string of the molecule is CCCC1CNC(C)CN1Cc1ccc(F)c(Cl)c1. The van der Waals surface area contributed by atoms with Gasteiger partial charge >= 0.3 is 0 Å². The van der Waals surface area contributed by atoms with Crippen molar-refractivity contribution in [3.63, 3.8) is 0 Å². The second kappa shape index (κ2) is 6.69. The van der Waals surface area contributed by atoms with E-state index in [-0.39, 0.29) is 10.8 Å². The smallest absolute Gasteiger partial charge is 0.141 e. The van der Waals surface area contributed by atoms with Crippen LogP contribution in [0.15, 0.2) is 18.2 Å². The van der Waals surface area contributed by atoms with Gasteiger partial charge in [-0.2, -0.15) is 0 Å². The normalized spacial score (nSPS) is 24.6. The molecule has 0 aromatic heterocycles. The molecule has 1 N–H and O–H groups in total. The molecule has 1 aromatic rings. The molecular formula is C15H22ClFN2. The molecule has 2 atom stereocenters. The third kappa shape index (κ3) is 3.91. The van der Waals surface area contributed by atoms with Crippen LogP contribution in [0.1, 0.15) is 32.3 Å². The van der Waals surface area contributed by atoms with Gasteiger partial charge in [-0.25, -0.2) is 4.39 Å². The highest BCUT2D eigenvalue weighted by atomic mass is 35.5. The summed E-state index contributed by atoms with van der Waals surface area (Å²) in [5.74, 6) is -0.343. The summed E-state index contributed by atoms with van der Waals surface area (Å²) in [4.78, 5) is 2.48. The van der Waals surface area contributed by atoms with E-state index in [0.29, 0.717) is 12.1 Å². The summed E-state index contributed by atoms with van der Waals surface area (Å²) in [6, 6.07) is 6.09. The fraction of sp³-hybridized carbons (Fsp3) is 0.600. The number of benzene rings is 1. The van der Waals surface area contributed by atoms with Gasteiger partial charge < -0.3 is 5.32 Å². The third-order valence-corrected chi connectivity index (χ3v) is 4.01. The van der Waals surface area contributed by atoms with Crippen LogP contribution in [0.5, 0.6) is 0 Å². The highest BCUT2D eigenvalue weighted by Gasteiger charge is 2.25. The van der Waals surface area contributed by atoms with Gasteiger partial charge in [0.05, 0.1) is 5.02 Å². The van der Waals surface area contributed by atoms with Gasteiger partial charge in [0.25, 0.3) is 0 Å². The summed E-state index contributed by atoms with van der Waals surface area (Å²) < 4.78 is 13.2. The number of hydrogen-bond acceptors (Lipinski definition) is 2. The van der Waals surface area contributed by atoms with Crippen molar-refractivity contribution in [2.45, 2.75) is 45.3 Å². The maximum absolute atomic E-state index is 13.2. The topological polar surface area (TPSA) is 15.3 Å². The monoisotopic (exact) mass is 284 g/mol. The molecule has 1 saturated heterocycles. The number of nitrogens with zero attached hydrogens (tertiary/aromatic N) is 1. The quantitative estimate of drug-likeness (QED) is 0.911. The van der Waals surface area contributed by atoms with Crippen LogP contribution in [0.2, 0.25) is 5.02 Å². The van der Waals surface area contributed by atoms with Gasteiger partial charge in [-0.1, -0.05) is 31.0 Å². The van der Waals surface area contributed by atoms with E-state index < -0.39 is 0 Å². The zero-order valence-electron chi connectivity index (χ0n) is 11.6. The second-order valence-electron chi connectivity index (χ2n) is 5.43. The minimum atomic E-state index is -0.343. The largest absolute Gasteiger partial charge is 0.311 e. The minimum absolute atomic E-state index is 0.215. The molecule has 1 aliphatic rings. The predicted octanol–water partition coefficient (Wildman–Crippen LogP) is 3.44. The van der Waals surface area contributed by atoms with Crippen molar-refractivity contribution in [3.8, 4) is 0 Å². The Morgan fingerprint density at radius 1 is 1.47 bits per heavy atom. The van der Waals surface area contributed by atoms with Gasteiger partial charge in [0, 0.05) is 31.7 Å². The maximum Gasteiger partial charge on any atom is 0.141 e. The van der Waals surface area contributed by atoms with Gasteiger partial charge in [0.15, 0.2) is 0 Å². The minimum Gasteiger partial charge on any atom is -0.311 e. The molecule has 1 aliphatic heterocycles. The van der Waals surface area contributed by atoms with E-state index in [4.69, 9.17) is 11.6 Å². The second-order valence-corrected chi connectivity index (χ2v) is 5.84. The first-order chi connectivity index (χ1) is 9.10. The first-order valence-electron chi connectivity index (χ1n) is 7.01. The molecule has 2 rings (SSSR count). The molecular weight excluding hydrogens is 263 g/mol. The zero-order chi connectivity index (χ0) is 13.8. The van der Waals surface area contributed by atoms with Gasteiger partial charge in [-0.3, -0.25) is 4.90 Å². The Kier molecular flexibility index (Phi) is 5.20. The van der Waals surface area contributed by atoms with Crippen molar-refractivity contribution in [1.29, 1.82) is 0 Å². The lowest BCUT2D eigenvalue weighted by molar-refractivity contribution is 0.120. The molecule has 1 heterocycles. The lowest BCUT2D eigenvalue weighted by atomic mass is 10.0. The van der Waals surface area contributed by atoms with Crippen LogP contribution in [0.4, 0.5) is 4.39 Å². The van der Waals surface area contributed by atoms with Crippen LogP contribution in [0.3, 0.4) is 0 Å². The first-order valence-corrected chi connectivity index (χ1v) is 7.39. The standard InChI is InChI=1S/C15H22ClFN2/c1-3-4-13-8-18-11(2)9-19(13)10-12-5-6-15(17)14(16)7-12/h5-7,11,13,18H,3-4,8-10H2,1-2H3. The van der Waals surface area contributed by atoms with E-state index in [0.717, 1.165) is 25.2 Å². The van der Waals surface area contributed by atoms with E-state index in [9.17, 15) is 4.39 Å². The number of halogens is 2. The Bertz CT molecular complexity index is 425. The average molecular weight is 285 g/mol. The molecule has 0 spiro atoms. The molecule has 2 nitrogen and oxygen atoms in total. The van der Waals surface area contributed by atoms with Crippen LogP contribution in [-0.2, 0) is 6.54 Å². The molecule has 1 aromatic carbocycles. The summed E-state index contributed by atoms with van der Waals surface area (Å²) in [6.45, 7) is 7.32. The number of rotatable bonds is 4. The van der Waals surface area contributed by atoms with Crippen LogP contribution in [-0.4, -0.2) is 30.1 Å². The Morgan fingerprint density at radius 2 is 2.26 bits per heavy atom. The molecule has 0 aliphatic carbocycles. The molecule has 0 saturated carbocycles. The zero-order valence-corrected chi connectivity index (χ0v) is 12.4. The lowest BCUT2D eigenvalue weighted by Gasteiger charge is -2.39. The summed E-state index contributed by atoms with van der Waals surface area (Å²) in [6.07, 6.45) is 2.37. The van der Waals surface area contributed by atoms with Gasteiger partial charge in [-0.15, -0.1) is 0 Å². The number of nitrogens with one attached hydrogen (secondary N) is 1. The van der Waals surface area contributed by atoms with Crippen molar-refractivity contribution in [2.24, 2.45) is 0 Å². The van der Waals surface area contributed by atoms with E-state index in [1.807, 2.05) is 6.07 Å². The molecule has 0 radical (unpaired) electrons. The summed E-state index contributed by atoms with van der Waals surface area (Å²) in [5.41, 5.74) is 1.08. The molecule has 1 fully saturated rings. The van der Waals surface area contributed by atoms with E-state index in [1.165, 1.54) is 18.9 Å². The first kappa shape index (κ1) is 14.8. The maximum atomic E-state index is 13.2. The highest BCUT2D eigenvalue weighted by Crippen LogP contribution is 2.20. The molecule has 4 heteroatoms. The summed E-state index contributed by atoms with van der Waals surface area (Å²) in [7, 11) is 0. The predicted molar refractivity (Wildman–Crippen MR) is 78.0 cm³/mol. The number of piperazine rings is 1. The Hall–Kier alpha value is -0.640. The molecule has 0 amide bonds. The van der Waals surface area contributed by atoms with Crippen LogP contribution < -0.4 is 5.32 Å². The molecule has 106 valence electrons. The summed E-state index contributed by atoms with van der Waals surface area (Å²) >= 11 is 5.85.